The number of piperazine rings is 1. The van der Waals surface area contributed by atoms with Crippen LogP contribution in [0.3, 0.4) is 0 Å². The van der Waals surface area contributed by atoms with Crippen molar-refractivity contribution in [3.05, 3.63) is 11.1 Å². The first-order valence-corrected chi connectivity index (χ1v) is 9.88. The second kappa shape index (κ2) is 8.25. The first kappa shape index (κ1) is 18.3. The van der Waals surface area contributed by atoms with Gasteiger partial charge in [0.25, 0.3) is 0 Å². The average Bonchev–Trinajstić information content (AvgIpc) is 3.25. The minimum atomic E-state index is -0.0829. The molecule has 2 saturated heterocycles. The SMILES string of the molecule is CC(C)C(=O)Nc1nc(CC(=O)N2CCC(N3CCNCC3)C2)cs1. The van der Waals surface area contributed by atoms with Crippen LogP contribution in [-0.2, 0) is 16.0 Å². The Hall–Kier alpha value is -1.51. The van der Waals surface area contributed by atoms with Crippen molar-refractivity contribution in [2.24, 2.45) is 5.92 Å². The average molecular weight is 366 g/mol. The van der Waals surface area contributed by atoms with Crippen molar-refractivity contribution >= 4 is 28.3 Å². The zero-order chi connectivity index (χ0) is 17.8. The molecule has 0 bridgehead atoms. The molecule has 7 nitrogen and oxygen atoms in total. The molecule has 8 heteroatoms. The molecule has 0 saturated carbocycles. The van der Waals surface area contributed by atoms with Gasteiger partial charge in [-0.05, 0) is 6.42 Å². The Morgan fingerprint density at radius 3 is 2.84 bits per heavy atom. The quantitative estimate of drug-likeness (QED) is 0.807. The van der Waals surface area contributed by atoms with Gasteiger partial charge in [-0.1, -0.05) is 13.8 Å². The van der Waals surface area contributed by atoms with Gasteiger partial charge in [-0.3, -0.25) is 14.5 Å². The van der Waals surface area contributed by atoms with Crippen molar-refractivity contribution in [2.75, 3.05) is 44.6 Å². The molecule has 2 aliphatic rings. The second-order valence-corrected chi connectivity index (χ2v) is 7.89. The minimum Gasteiger partial charge on any atom is -0.341 e. The zero-order valence-corrected chi connectivity index (χ0v) is 15.8. The van der Waals surface area contributed by atoms with Crippen LogP contribution in [0.15, 0.2) is 5.38 Å². The van der Waals surface area contributed by atoms with Gasteiger partial charge in [0.15, 0.2) is 5.13 Å². The first-order chi connectivity index (χ1) is 12.0. The van der Waals surface area contributed by atoms with E-state index in [1.807, 2.05) is 24.1 Å². The molecular formula is C17H27N5O2S. The third kappa shape index (κ3) is 4.77. The normalized spacial score (nSPS) is 21.7. The zero-order valence-electron chi connectivity index (χ0n) is 15.0. The Morgan fingerprint density at radius 1 is 1.36 bits per heavy atom. The molecule has 138 valence electrons. The molecule has 0 aliphatic carbocycles. The van der Waals surface area contributed by atoms with Crippen LogP contribution >= 0.6 is 11.3 Å². The molecule has 3 rings (SSSR count). The van der Waals surface area contributed by atoms with Crippen molar-refractivity contribution < 1.29 is 9.59 Å². The third-order valence-corrected chi connectivity index (χ3v) is 5.63. The number of carbonyl (C=O) groups is 2. The lowest BCUT2D eigenvalue weighted by atomic mass is 10.2. The monoisotopic (exact) mass is 365 g/mol. The van der Waals surface area contributed by atoms with E-state index in [9.17, 15) is 9.59 Å². The summed E-state index contributed by atoms with van der Waals surface area (Å²) in [5.74, 6) is -0.00388. The van der Waals surface area contributed by atoms with E-state index >= 15 is 0 Å². The van der Waals surface area contributed by atoms with Crippen LogP contribution in [0.4, 0.5) is 5.13 Å². The minimum absolute atomic E-state index is 0.0503. The summed E-state index contributed by atoms with van der Waals surface area (Å²) in [4.78, 5) is 33.1. The molecular weight excluding hydrogens is 338 g/mol. The third-order valence-electron chi connectivity index (χ3n) is 4.82. The number of hydrogen-bond donors (Lipinski definition) is 2. The molecule has 1 atom stereocenters. The highest BCUT2D eigenvalue weighted by molar-refractivity contribution is 7.13. The van der Waals surface area contributed by atoms with Crippen LogP contribution in [0.2, 0.25) is 0 Å². The number of hydrogen-bond acceptors (Lipinski definition) is 6. The van der Waals surface area contributed by atoms with Crippen LogP contribution < -0.4 is 10.6 Å². The lowest BCUT2D eigenvalue weighted by molar-refractivity contribution is -0.129. The molecule has 25 heavy (non-hydrogen) atoms. The summed E-state index contributed by atoms with van der Waals surface area (Å²) in [6.07, 6.45) is 1.36. The van der Waals surface area contributed by atoms with E-state index in [0.717, 1.165) is 51.4 Å². The van der Waals surface area contributed by atoms with E-state index in [0.29, 0.717) is 17.6 Å². The Bertz CT molecular complexity index is 612. The molecule has 0 aromatic carbocycles. The van der Waals surface area contributed by atoms with Crippen molar-refractivity contribution in [3.63, 3.8) is 0 Å². The highest BCUT2D eigenvalue weighted by Crippen LogP contribution is 2.20. The van der Waals surface area contributed by atoms with Crippen molar-refractivity contribution in [1.82, 2.24) is 20.1 Å². The topological polar surface area (TPSA) is 77.6 Å². The summed E-state index contributed by atoms with van der Waals surface area (Å²) in [6, 6.07) is 0.488. The number of rotatable bonds is 5. The predicted molar refractivity (Wildman–Crippen MR) is 98.7 cm³/mol. The van der Waals surface area contributed by atoms with Gasteiger partial charge in [0, 0.05) is 56.6 Å². The molecule has 1 unspecified atom stereocenters. The van der Waals surface area contributed by atoms with Crippen LogP contribution in [-0.4, -0.2) is 71.9 Å². The molecule has 2 N–H and O–H groups in total. The van der Waals surface area contributed by atoms with E-state index < -0.39 is 0 Å². The number of thiazole rings is 1. The van der Waals surface area contributed by atoms with Gasteiger partial charge in [-0.15, -0.1) is 11.3 Å². The van der Waals surface area contributed by atoms with Gasteiger partial charge in [0.2, 0.25) is 11.8 Å². The maximum absolute atomic E-state index is 12.6. The molecule has 1 aromatic heterocycles. The van der Waals surface area contributed by atoms with Crippen LogP contribution in [0, 0.1) is 5.92 Å². The summed E-state index contributed by atoms with van der Waals surface area (Å²) >= 11 is 1.37. The summed E-state index contributed by atoms with van der Waals surface area (Å²) in [6.45, 7) is 9.54. The van der Waals surface area contributed by atoms with E-state index in [2.05, 4.69) is 20.5 Å². The Labute approximate surface area is 152 Å². The number of carbonyl (C=O) groups excluding carboxylic acids is 2. The highest BCUT2D eigenvalue weighted by atomic mass is 32.1. The standard InChI is InChI=1S/C17H27N5O2S/c1-12(2)16(24)20-17-19-13(11-25-17)9-15(23)22-6-3-14(10-22)21-7-4-18-5-8-21/h11-12,14,18H,3-10H2,1-2H3,(H,19,20,24). The predicted octanol–water partition coefficient (Wildman–Crippen LogP) is 0.786. The number of nitrogens with zero attached hydrogens (tertiary/aromatic N) is 3. The Morgan fingerprint density at radius 2 is 2.12 bits per heavy atom. The van der Waals surface area contributed by atoms with Gasteiger partial charge in [-0.25, -0.2) is 4.98 Å². The van der Waals surface area contributed by atoms with E-state index in [1.165, 1.54) is 11.3 Å². The molecule has 0 spiro atoms. The fourth-order valence-corrected chi connectivity index (χ4v) is 3.99. The van der Waals surface area contributed by atoms with E-state index in [-0.39, 0.29) is 17.7 Å². The van der Waals surface area contributed by atoms with Crippen LogP contribution in [0.5, 0.6) is 0 Å². The number of aromatic nitrogens is 1. The fourth-order valence-electron chi connectivity index (χ4n) is 3.28. The highest BCUT2D eigenvalue weighted by Gasteiger charge is 2.31. The van der Waals surface area contributed by atoms with Crippen molar-refractivity contribution in [2.45, 2.75) is 32.7 Å². The van der Waals surface area contributed by atoms with Gasteiger partial charge in [-0.2, -0.15) is 0 Å². The van der Waals surface area contributed by atoms with E-state index in [1.54, 1.807) is 0 Å². The lowest BCUT2D eigenvalue weighted by Gasteiger charge is -2.32. The number of likely N-dealkylation sites (tertiary alicyclic amines) is 1. The van der Waals surface area contributed by atoms with Gasteiger partial charge in [0.1, 0.15) is 0 Å². The van der Waals surface area contributed by atoms with Gasteiger partial charge < -0.3 is 15.5 Å². The van der Waals surface area contributed by atoms with Crippen molar-refractivity contribution in [3.8, 4) is 0 Å². The van der Waals surface area contributed by atoms with E-state index in [4.69, 9.17) is 0 Å². The van der Waals surface area contributed by atoms with Crippen LogP contribution in [0.25, 0.3) is 0 Å². The Balaban J connectivity index is 1.49. The number of anilines is 1. The molecule has 0 radical (unpaired) electrons. The molecule has 2 fully saturated rings. The molecule has 2 aliphatic heterocycles. The fraction of sp³-hybridized carbons (Fsp3) is 0.706. The number of amides is 2. The second-order valence-electron chi connectivity index (χ2n) is 7.03. The summed E-state index contributed by atoms with van der Waals surface area (Å²) in [5.41, 5.74) is 0.736. The molecule has 1 aromatic rings. The molecule has 3 heterocycles. The maximum Gasteiger partial charge on any atom is 0.228 e. The summed E-state index contributed by atoms with van der Waals surface area (Å²) in [7, 11) is 0. The van der Waals surface area contributed by atoms with Crippen molar-refractivity contribution in [1.29, 1.82) is 0 Å². The lowest BCUT2D eigenvalue weighted by Crippen LogP contribution is -2.49. The largest absolute Gasteiger partial charge is 0.341 e. The molecule has 2 amide bonds. The van der Waals surface area contributed by atoms with Crippen LogP contribution in [0.1, 0.15) is 26.0 Å². The summed E-state index contributed by atoms with van der Waals surface area (Å²) in [5, 5.41) is 8.58. The Kier molecular flexibility index (Phi) is 6.03. The smallest absolute Gasteiger partial charge is 0.228 e. The maximum atomic E-state index is 12.6. The first-order valence-electron chi connectivity index (χ1n) is 9.00. The van der Waals surface area contributed by atoms with Gasteiger partial charge in [0.05, 0.1) is 12.1 Å². The number of nitrogens with one attached hydrogen (secondary N) is 2. The summed E-state index contributed by atoms with van der Waals surface area (Å²) < 4.78 is 0. The van der Waals surface area contributed by atoms with Gasteiger partial charge >= 0.3 is 0 Å².